The highest BCUT2D eigenvalue weighted by Gasteiger charge is 2.24. The van der Waals surface area contributed by atoms with E-state index >= 15 is 0 Å². The van der Waals surface area contributed by atoms with Crippen LogP contribution in [0.1, 0.15) is 12.3 Å². The van der Waals surface area contributed by atoms with Gasteiger partial charge in [-0.2, -0.15) is 0 Å². The van der Waals surface area contributed by atoms with Gasteiger partial charge in [-0.05, 0) is 36.8 Å². The minimum atomic E-state index is 0.452. The highest BCUT2D eigenvalue weighted by Crippen LogP contribution is 2.28. The Kier molecular flexibility index (Phi) is 4.25. The molecule has 140 valence electrons. The average molecular weight is 394 g/mol. The highest BCUT2D eigenvalue weighted by molar-refractivity contribution is 6.30. The van der Waals surface area contributed by atoms with Crippen LogP contribution in [0.25, 0.3) is 22.8 Å². The molecule has 0 saturated carbocycles. The normalized spacial score (nSPS) is 13.5. The molecular formula is C19H16ClN7O. The zero-order chi connectivity index (χ0) is 18.9. The standard InChI is InChI=1S/C19H16ClN7O/c20-15-4-1-3-14(11-15)18-24-22-16(28-18)12-26-9-2-10-27-17(23-25-19(26)27)13-5-7-21-8-6-13/h1,3-8,11H,2,9-10,12H2. The van der Waals surface area contributed by atoms with Crippen molar-refractivity contribution in [3.05, 3.63) is 59.7 Å². The average Bonchev–Trinajstić information content (AvgIpc) is 3.36. The Morgan fingerprint density at radius 1 is 0.964 bits per heavy atom. The molecule has 0 unspecified atom stereocenters. The van der Waals surface area contributed by atoms with E-state index in [1.54, 1.807) is 18.5 Å². The molecule has 0 fully saturated rings. The van der Waals surface area contributed by atoms with Gasteiger partial charge in [-0.1, -0.05) is 17.7 Å². The van der Waals surface area contributed by atoms with Gasteiger partial charge in [-0.3, -0.25) is 9.55 Å². The zero-order valence-electron chi connectivity index (χ0n) is 14.9. The van der Waals surface area contributed by atoms with Crippen LogP contribution in [-0.2, 0) is 13.1 Å². The third-order valence-corrected chi connectivity index (χ3v) is 4.86. The molecule has 0 spiro atoms. The predicted molar refractivity (Wildman–Crippen MR) is 104 cm³/mol. The van der Waals surface area contributed by atoms with Gasteiger partial charge in [-0.15, -0.1) is 20.4 Å². The molecule has 0 bridgehead atoms. The maximum Gasteiger partial charge on any atom is 0.247 e. The summed E-state index contributed by atoms with van der Waals surface area (Å²) in [6.07, 6.45) is 4.50. The van der Waals surface area contributed by atoms with Gasteiger partial charge in [0, 0.05) is 41.6 Å². The van der Waals surface area contributed by atoms with Crippen LogP contribution in [0.3, 0.4) is 0 Å². The number of pyridine rings is 1. The predicted octanol–water partition coefficient (Wildman–Crippen LogP) is 3.45. The van der Waals surface area contributed by atoms with Crippen molar-refractivity contribution in [1.29, 1.82) is 0 Å². The monoisotopic (exact) mass is 393 g/mol. The van der Waals surface area contributed by atoms with Gasteiger partial charge in [0.05, 0.1) is 6.54 Å². The molecule has 0 N–H and O–H groups in total. The number of anilines is 1. The molecule has 0 saturated heterocycles. The van der Waals surface area contributed by atoms with E-state index in [0.29, 0.717) is 23.3 Å². The van der Waals surface area contributed by atoms with Crippen LogP contribution in [0.15, 0.2) is 53.2 Å². The lowest BCUT2D eigenvalue weighted by atomic mass is 10.2. The van der Waals surface area contributed by atoms with Crippen molar-refractivity contribution in [2.24, 2.45) is 0 Å². The molecule has 4 aromatic rings. The van der Waals surface area contributed by atoms with Crippen molar-refractivity contribution in [1.82, 2.24) is 29.9 Å². The van der Waals surface area contributed by atoms with E-state index in [9.17, 15) is 0 Å². The van der Waals surface area contributed by atoms with Crippen LogP contribution in [0, 0.1) is 0 Å². The molecule has 28 heavy (non-hydrogen) atoms. The van der Waals surface area contributed by atoms with E-state index in [1.165, 1.54) is 0 Å². The molecule has 8 nitrogen and oxygen atoms in total. The molecule has 0 atom stereocenters. The summed E-state index contributed by atoms with van der Waals surface area (Å²) in [5.74, 6) is 2.62. The summed E-state index contributed by atoms with van der Waals surface area (Å²) < 4.78 is 7.96. The number of fused-ring (bicyclic) bond motifs is 1. The highest BCUT2D eigenvalue weighted by atomic mass is 35.5. The molecule has 1 aromatic carbocycles. The summed E-state index contributed by atoms with van der Waals surface area (Å²) >= 11 is 6.05. The van der Waals surface area contributed by atoms with E-state index in [-0.39, 0.29) is 0 Å². The van der Waals surface area contributed by atoms with E-state index in [1.807, 2.05) is 30.3 Å². The molecule has 3 aromatic heterocycles. The van der Waals surface area contributed by atoms with Crippen molar-refractivity contribution in [2.45, 2.75) is 19.5 Å². The molecule has 5 rings (SSSR count). The van der Waals surface area contributed by atoms with Crippen LogP contribution in [0.2, 0.25) is 5.02 Å². The van der Waals surface area contributed by atoms with E-state index in [0.717, 1.165) is 42.4 Å². The summed E-state index contributed by atoms with van der Waals surface area (Å²) in [6.45, 7) is 2.19. The third kappa shape index (κ3) is 3.11. The number of hydrogen-bond acceptors (Lipinski definition) is 7. The number of hydrogen-bond donors (Lipinski definition) is 0. The quantitative estimate of drug-likeness (QED) is 0.524. The van der Waals surface area contributed by atoms with Gasteiger partial charge in [0.15, 0.2) is 5.82 Å². The fraction of sp³-hybridized carbons (Fsp3) is 0.211. The Bertz CT molecular complexity index is 1110. The lowest BCUT2D eigenvalue weighted by Gasteiger charge is -2.27. The number of nitrogens with zero attached hydrogens (tertiary/aromatic N) is 7. The summed E-state index contributed by atoms with van der Waals surface area (Å²) in [7, 11) is 0. The van der Waals surface area contributed by atoms with Crippen LogP contribution < -0.4 is 4.90 Å². The Labute approximate surface area is 165 Å². The first-order valence-corrected chi connectivity index (χ1v) is 9.32. The minimum absolute atomic E-state index is 0.452. The van der Waals surface area contributed by atoms with Gasteiger partial charge in [-0.25, -0.2) is 0 Å². The first kappa shape index (κ1) is 16.9. The summed E-state index contributed by atoms with van der Waals surface area (Å²) in [5, 5.41) is 17.7. The van der Waals surface area contributed by atoms with Crippen molar-refractivity contribution < 1.29 is 4.42 Å². The maximum atomic E-state index is 6.05. The number of aromatic nitrogens is 6. The number of rotatable bonds is 4. The Balaban J connectivity index is 1.40. The summed E-state index contributed by atoms with van der Waals surface area (Å²) in [5.41, 5.74) is 1.80. The first-order valence-electron chi connectivity index (χ1n) is 8.95. The third-order valence-electron chi connectivity index (χ3n) is 4.63. The molecule has 4 heterocycles. The molecule has 0 amide bonds. The summed E-state index contributed by atoms with van der Waals surface area (Å²) in [4.78, 5) is 6.17. The fourth-order valence-electron chi connectivity index (χ4n) is 3.34. The number of benzene rings is 1. The van der Waals surface area contributed by atoms with Crippen molar-refractivity contribution >= 4 is 17.5 Å². The van der Waals surface area contributed by atoms with Crippen molar-refractivity contribution in [3.8, 4) is 22.8 Å². The molecular weight excluding hydrogens is 378 g/mol. The smallest absolute Gasteiger partial charge is 0.247 e. The van der Waals surface area contributed by atoms with E-state index < -0.39 is 0 Å². The second kappa shape index (κ2) is 7.05. The molecule has 9 heteroatoms. The van der Waals surface area contributed by atoms with Crippen LogP contribution >= 0.6 is 11.6 Å². The zero-order valence-corrected chi connectivity index (χ0v) is 15.6. The summed E-state index contributed by atoms with van der Waals surface area (Å²) in [6, 6.07) is 11.2. The van der Waals surface area contributed by atoms with Gasteiger partial charge in [0.1, 0.15) is 0 Å². The van der Waals surface area contributed by atoms with Crippen molar-refractivity contribution in [2.75, 3.05) is 11.4 Å². The Morgan fingerprint density at radius 2 is 1.86 bits per heavy atom. The SMILES string of the molecule is Clc1cccc(-c2nnc(CN3CCCn4c(-c5ccncc5)nnc43)o2)c1. The van der Waals surface area contributed by atoms with Crippen LogP contribution in [0.5, 0.6) is 0 Å². The Hall–Kier alpha value is -3.26. The van der Waals surface area contributed by atoms with Gasteiger partial charge >= 0.3 is 0 Å². The molecule has 1 aliphatic heterocycles. The van der Waals surface area contributed by atoms with Crippen molar-refractivity contribution in [3.63, 3.8) is 0 Å². The molecule has 1 aliphatic rings. The van der Waals surface area contributed by atoms with Gasteiger partial charge in [0.25, 0.3) is 0 Å². The second-order valence-electron chi connectivity index (χ2n) is 6.50. The number of halogens is 1. The first-order chi connectivity index (χ1) is 13.8. The molecule has 0 radical (unpaired) electrons. The van der Waals surface area contributed by atoms with Gasteiger partial charge in [0.2, 0.25) is 17.7 Å². The maximum absolute atomic E-state index is 6.05. The van der Waals surface area contributed by atoms with Crippen LogP contribution in [0.4, 0.5) is 5.95 Å². The topological polar surface area (TPSA) is 85.8 Å². The Morgan fingerprint density at radius 3 is 2.71 bits per heavy atom. The largest absolute Gasteiger partial charge is 0.419 e. The molecule has 0 aliphatic carbocycles. The lowest BCUT2D eigenvalue weighted by Crippen LogP contribution is -2.32. The van der Waals surface area contributed by atoms with E-state index in [2.05, 4.69) is 34.8 Å². The van der Waals surface area contributed by atoms with E-state index in [4.69, 9.17) is 16.0 Å². The van der Waals surface area contributed by atoms with Gasteiger partial charge < -0.3 is 9.32 Å². The lowest BCUT2D eigenvalue weighted by molar-refractivity contribution is 0.475. The second-order valence-corrected chi connectivity index (χ2v) is 6.93. The minimum Gasteiger partial charge on any atom is -0.419 e. The van der Waals surface area contributed by atoms with Crippen LogP contribution in [-0.4, -0.2) is 36.5 Å². The fourth-order valence-corrected chi connectivity index (χ4v) is 3.53.